The van der Waals surface area contributed by atoms with Crippen molar-refractivity contribution in [3.63, 3.8) is 0 Å². The molecule has 0 bridgehead atoms. The van der Waals surface area contributed by atoms with Crippen LogP contribution in [0, 0.1) is 11.7 Å². The van der Waals surface area contributed by atoms with Gasteiger partial charge in [0.2, 0.25) is 0 Å². The molecule has 1 aliphatic rings. The Labute approximate surface area is 144 Å². The lowest BCUT2D eigenvalue weighted by atomic mass is 10.0. The summed E-state index contributed by atoms with van der Waals surface area (Å²) in [5.41, 5.74) is -0.199. The van der Waals surface area contributed by atoms with Gasteiger partial charge in [-0.05, 0) is 43.0 Å². The number of anilines is 2. The summed E-state index contributed by atoms with van der Waals surface area (Å²) in [6.07, 6.45) is 2.36. The van der Waals surface area contributed by atoms with Crippen molar-refractivity contribution in [2.45, 2.75) is 19.8 Å². The summed E-state index contributed by atoms with van der Waals surface area (Å²) in [6, 6.07) is 7.57. The third-order valence-electron chi connectivity index (χ3n) is 4.06. The van der Waals surface area contributed by atoms with Crippen molar-refractivity contribution >= 4 is 29.1 Å². The monoisotopic (exact) mass is 348 g/mol. The Bertz CT molecular complexity index is 718. The van der Waals surface area contributed by atoms with Crippen LogP contribution in [0.2, 0.25) is 5.02 Å². The molecule has 1 aromatic heterocycles. The SMILES string of the molecule is CC1CCCN(c2ccc(NC(=O)c3c(F)cccc3Cl)nn2)C1. The number of hydrogen-bond acceptors (Lipinski definition) is 4. The van der Waals surface area contributed by atoms with Crippen LogP contribution in [0.15, 0.2) is 30.3 Å². The maximum atomic E-state index is 13.8. The number of nitrogens with one attached hydrogen (secondary N) is 1. The lowest BCUT2D eigenvalue weighted by molar-refractivity contribution is 0.102. The number of halogens is 2. The highest BCUT2D eigenvalue weighted by Crippen LogP contribution is 2.22. The summed E-state index contributed by atoms with van der Waals surface area (Å²) in [5, 5.41) is 10.8. The van der Waals surface area contributed by atoms with E-state index >= 15 is 0 Å². The van der Waals surface area contributed by atoms with Crippen molar-refractivity contribution in [1.82, 2.24) is 10.2 Å². The van der Waals surface area contributed by atoms with Crippen molar-refractivity contribution in [2.75, 3.05) is 23.3 Å². The second kappa shape index (κ2) is 7.13. The van der Waals surface area contributed by atoms with Crippen molar-refractivity contribution in [2.24, 2.45) is 5.92 Å². The van der Waals surface area contributed by atoms with Crippen molar-refractivity contribution < 1.29 is 9.18 Å². The molecule has 1 amide bonds. The maximum absolute atomic E-state index is 13.8. The Morgan fingerprint density at radius 2 is 2.17 bits per heavy atom. The zero-order valence-electron chi connectivity index (χ0n) is 13.3. The summed E-state index contributed by atoms with van der Waals surface area (Å²) in [5.74, 6) is 0.346. The molecule has 0 saturated carbocycles. The van der Waals surface area contributed by atoms with E-state index in [9.17, 15) is 9.18 Å². The Hall–Kier alpha value is -2.21. The van der Waals surface area contributed by atoms with Crippen LogP contribution in [0.1, 0.15) is 30.1 Å². The van der Waals surface area contributed by atoms with Gasteiger partial charge < -0.3 is 10.2 Å². The van der Waals surface area contributed by atoms with E-state index in [1.807, 2.05) is 6.07 Å². The number of aromatic nitrogens is 2. The van der Waals surface area contributed by atoms with Gasteiger partial charge in [-0.25, -0.2) is 4.39 Å². The number of carbonyl (C=O) groups excluding carboxylic acids is 1. The van der Waals surface area contributed by atoms with Gasteiger partial charge in [0.05, 0.1) is 10.6 Å². The quantitative estimate of drug-likeness (QED) is 0.917. The van der Waals surface area contributed by atoms with E-state index in [0.717, 1.165) is 25.3 Å². The van der Waals surface area contributed by atoms with Gasteiger partial charge in [0.1, 0.15) is 5.82 Å². The first-order valence-electron chi connectivity index (χ1n) is 7.88. The number of hydrogen-bond donors (Lipinski definition) is 1. The molecule has 5 nitrogen and oxygen atoms in total. The van der Waals surface area contributed by atoms with E-state index in [1.165, 1.54) is 24.6 Å². The highest BCUT2D eigenvalue weighted by Gasteiger charge is 2.19. The zero-order valence-corrected chi connectivity index (χ0v) is 14.1. The summed E-state index contributed by atoms with van der Waals surface area (Å²) in [6.45, 7) is 4.12. The molecule has 7 heteroatoms. The summed E-state index contributed by atoms with van der Waals surface area (Å²) in [7, 11) is 0. The minimum atomic E-state index is -0.674. The van der Waals surface area contributed by atoms with Gasteiger partial charge in [-0.1, -0.05) is 24.6 Å². The molecule has 1 aromatic carbocycles. The molecule has 1 fully saturated rings. The molecule has 0 aliphatic carbocycles. The second-order valence-electron chi connectivity index (χ2n) is 6.02. The first-order valence-corrected chi connectivity index (χ1v) is 8.26. The highest BCUT2D eigenvalue weighted by atomic mass is 35.5. The Balaban J connectivity index is 1.71. The van der Waals surface area contributed by atoms with E-state index in [-0.39, 0.29) is 16.4 Å². The number of carbonyl (C=O) groups is 1. The number of rotatable bonds is 3. The van der Waals surface area contributed by atoms with E-state index in [0.29, 0.717) is 5.92 Å². The van der Waals surface area contributed by atoms with E-state index in [4.69, 9.17) is 11.6 Å². The molecular formula is C17H18ClFN4O. The molecule has 1 saturated heterocycles. The molecule has 1 aliphatic heterocycles. The second-order valence-corrected chi connectivity index (χ2v) is 6.43. The largest absolute Gasteiger partial charge is 0.355 e. The highest BCUT2D eigenvalue weighted by molar-refractivity contribution is 6.34. The van der Waals surface area contributed by atoms with Crippen LogP contribution in [-0.4, -0.2) is 29.2 Å². The van der Waals surface area contributed by atoms with E-state index < -0.39 is 11.7 Å². The van der Waals surface area contributed by atoms with Gasteiger partial charge in [0, 0.05) is 13.1 Å². The zero-order chi connectivity index (χ0) is 17.1. The van der Waals surface area contributed by atoms with Gasteiger partial charge in [-0.2, -0.15) is 0 Å². The molecule has 0 radical (unpaired) electrons. The molecule has 2 aromatic rings. The van der Waals surface area contributed by atoms with Crippen LogP contribution >= 0.6 is 11.6 Å². The third-order valence-corrected chi connectivity index (χ3v) is 4.38. The van der Waals surface area contributed by atoms with Gasteiger partial charge in [0.25, 0.3) is 5.91 Å². The molecular weight excluding hydrogens is 331 g/mol. The lowest BCUT2D eigenvalue weighted by Gasteiger charge is -2.31. The van der Waals surface area contributed by atoms with Crippen LogP contribution in [0.3, 0.4) is 0 Å². The third kappa shape index (κ3) is 3.64. The van der Waals surface area contributed by atoms with E-state index in [2.05, 4.69) is 27.3 Å². The van der Waals surface area contributed by atoms with Crippen LogP contribution in [0.4, 0.5) is 16.0 Å². The number of amides is 1. The number of nitrogens with zero attached hydrogens (tertiary/aromatic N) is 3. The van der Waals surface area contributed by atoms with Crippen LogP contribution in [0.5, 0.6) is 0 Å². The molecule has 3 rings (SSSR count). The Morgan fingerprint density at radius 1 is 1.33 bits per heavy atom. The molecule has 24 heavy (non-hydrogen) atoms. The molecule has 126 valence electrons. The lowest BCUT2D eigenvalue weighted by Crippen LogP contribution is -2.34. The van der Waals surface area contributed by atoms with E-state index in [1.54, 1.807) is 6.07 Å². The standard InChI is InChI=1S/C17H18ClFN4O/c1-11-4-3-9-23(10-11)15-8-7-14(21-22-15)20-17(24)16-12(18)5-2-6-13(16)19/h2,5-8,11H,3-4,9-10H2,1H3,(H,20,21,24). The van der Waals surface area contributed by atoms with Gasteiger partial charge in [-0.15, -0.1) is 10.2 Å². The molecule has 1 atom stereocenters. The van der Waals surface area contributed by atoms with Crippen molar-refractivity contribution in [3.8, 4) is 0 Å². The van der Waals surface area contributed by atoms with Crippen LogP contribution < -0.4 is 10.2 Å². The van der Waals surface area contributed by atoms with Gasteiger partial charge in [0.15, 0.2) is 11.6 Å². The summed E-state index contributed by atoms with van der Waals surface area (Å²) < 4.78 is 13.8. The van der Waals surface area contributed by atoms with Gasteiger partial charge >= 0.3 is 0 Å². The fourth-order valence-electron chi connectivity index (χ4n) is 2.85. The van der Waals surface area contributed by atoms with Crippen molar-refractivity contribution in [1.29, 1.82) is 0 Å². The number of benzene rings is 1. The van der Waals surface area contributed by atoms with Crippen LogP contribution in [0.25, 0.3) is 0 Å². The molecule has 1 N–H and O–H groups in total. The molecule has 2 heterocycles. The topological polar surface area (TPSA) is 58.1 Å². The van der Waals surface area contributed by atoms with Crippen molar-refractivity contribution in [3.05, 3.63) is 46.7 Å². The van der Waals surface area contributed by atoms with Gasteiger partial charge in [-0.3, -0.25) is 4.79 Å². The minimum absolute atomic E-state index is 0.0550. The maximum Gasteiger partial charge on any atom is 0.261 e. The summed E-state index contributed by atoms with van der Waals surface area (Å²) >= 11 is 5.89. The first-order chi connectivity index (χ1) is 11.5. The summed E-state index contributed by atoms with van der Waals surface area (Å²) in [4.78, 5) is 14.4. The van der Waals surface area contributed by atoms with Crippen LogP contribution in [-0.2, 0) is 0 Å². The normalized spacial score (nSPS) is 17.6. The Kier molecular flexibility index (Phi) is 4.94. The average molecular weight is 349 g/mol. The predicted octanol–water partition coefficient (Wildman–Crippen LogP) is 3.76. The molecule has 1 unspecified atom stereocenters. The fraction of sp³-hybridized carbons (Fsp3) is 0.353. The average Bonchev–Trinajstić information content (AvgIpc) is 2.55. The first kappa shape index (κ1) is 16.6. The fourth-order valence-corrected chi connectivity index (χ4v) is 3.10. The number of piperidine rings is 1. The predicted molar refractivity (Wildman–Crippen MR) is 92.0 cm³/mol. The minimum Gasteiger partial charge on any atom is -0.355 e. The molecule has 0 spiro atoms. The Morgan fingerprint density at radius 3 is 2.83 bits per heavy atom. The smallest absolute Gasteiger partial charge is 0.261 e.